The van der Waals surface area contributed by atoms with Crippen molar-refractivity contribution in [2.75, 3.05) is 32.1 Å². The van der Waals surface area contributed by atoms with E-state index in [2.05, 4.69) is 55.5 Å². The number of rotatable bonds is 8. The van der Waals surface area contributed by atoms with E-state index in [-0.39, 0.29) is 0 Å². The van der Waals surface area contributed by atoms with Gasteiger partial charge in [-0.2, -0.15) is 0 Å². The van der Waals surface area contributed by atoms with E-state index in [0.29, 0.717) is 12.1 Å². The molecule has 2 unspecified atom stereocenters. The number of hydrogen-bond donors (Lipinski definition) is 1. The highest BCUT2D eigenvalue weighted by atomic mass is 16.5. The van der Waals surface area contributed by atoms with Crippen LogP contribution in [-0.2, 0) is 4.74 Å². The molecule has 0 amide bonds. The lowest BCUT2D eigenvalue weighted by Crippen LogP contribution is -2.24. The summed E-state index contributed by atoms with van der Waals surface area (Å²) in [5.41, 5.74) is 2.67. The smallest absolute Gasteiger partial charge is 0.0576 e. The van der Waals surface area contributed by atoms with Gasteiger partial charge in [-0.05, 0) is 56.3 Å². The number of nitrogens with zero attached hydrogens (tertiary/aromatic N) is 1. The van der Waals surface area contributed by atoms with Crippen LogP contribution in [-0.4, -0.2) is 33.4 Å². The highest BCUT2D eigenvalue weighted by molar-refractivity contribution is 5.47. The Morgan fingerprint density at radius 3 is 2.90 bits per heavy atom. The highest BCUT2D eigenvalue weighted by Crippen LogP contribution is 2.26. The van der Waals surface area contributed by atoms with Gasteiger partial charge in [0, 0.05) is 32.4 Å². The van der Waals surface area contributed by atoms with Gasteiger partial charge in [0.25, 0.3) is 0 Å². The van der Waals surface area contributed by atoms with Gasteiger partial charge in [0.05, 0.1) is 6.10 Å². The maximum absolute atomic E-state index is 5.77. The zero-order valence-electron chi connectivity index (χ0n) is 13.8. The lowest BCUT2D eigenvalue weighted by molar-refractivity contribution is 0.0996. The van der Waals surface area contributed by atoms with Crippen LogP contribution >= 0.6 is 0 Å². The maximum Gasteiger partial charge on any atom is 0.0576 e. The third-order valence-electron chi connectivity index (χ3n) is 4.23. The monoisotopic (exact) mass is 290 g/mol. The van der Waals surface area contributed by atoms with Gasteiger partial charge in [0.2, 0.25) is 0 Å². The Balaban J connectivity index is 2.01. The second-order valence-electron chi connectivity index (χ2n) is 6.21. The molecule has 21 heavy (non-hydrogen) atoms. The molecule has 1 N–H and O–H groups in total. The molecule has 1 saturated heterocycles. The Bertz CT molecular complexity index is 413. The molecule has 1 fully saturated rings. The molecular formula is C18H30N2O. The van der Waals surface area contributed by atoms with Crippen LogP contribution in [0.4, 0.5) is 5.69 Å². The van der Waals surface area contributed by atoms with Gasteiger partial charge in [-0.15, -0.1) is 0 Å². The van der Waals surface area contributed by atoms with Crippen LogP contribution < -0.4 is 10.2 Å². The summed E-state index contributed by atoms with van der Waals surface area (Å²) in [6.07, 6.45) is 6.43. The molecule has 0 spiro atoms. The fourth-order valence-electron chi connectivity index (χ4n) is 2.95. The standard InChI is InChI=1S/C18H30N2O/c1-4-12-19-18(11-10-17-9-6-13-21-17)15-7-5-8-16(14-15)20(2)3/h5,7-8,14,17-19H,4,6,9-13H2,1-3H3. The Morgan fingerprint density at radius 2 is 2.24 bits per heavy atom. The molecule has 1 aromatic rings. The number of hydrogen-bond acceptors (Lipinski definition) is 3. The van der Waals surface area contributed by atoms with Crippen LogP contribution in [0.25, 0.3) is 0 Å². The molecule has 0 bridgehead atoms. The molecule has 3 heteroatoms. The van der Waals surface area contributed by atoms with Crippen molar-refractivity contribution in [3.63, 3.8) is 0 Å². The normalized spacial score (nSPS) is 19.7. The summed E-state index contributed by atoms with van der Waals surface area (Å²) in [4.78, 5) is 2.17. The molecule has 1 heterocycles. The van der Waals surface area contributed by atoms with Gasteiger partial charge < -0.3 is 15.0 Å². The summed E-state index contributed by atoms with van der Waals surface area (Å²) in [5.74, 6) is 0. The highest BCUT2D eigenvalue weighted by Gasteiger charge is 2.19. The fraction of sp³-hybridized carbons (Fsp3) is 0.667. The molecule has 2 rings (SSSR count). The first-order valence-corrected chi connectivity index (χ1v) is 8.33. The van der Waals surface area contributed by atoms with Gasteiger partial charge in [-0.3, -0.25) is 0 Å². The zero-order chi connectivity index (χ0) is 15.1. The number of ether oxygens (including phenoxy) is 1. The summed E-state index contributed by atoms with van der Waals surface area (Å²) in [5, 5.41) is 3.70. The lowest BCUT2D eigenvalue weighted by atomic mass is 9.98. The van der Waals surface area contributed by atoms with E-state index >= 15 is 0 Å². The average molecular weight is 290 g/mol. The van der Waals surface area contributed by atoms with Gasteiger partial charge in [0.15, 0.2) is 0 Å². The molecule has 0 radical (unpaired) electrons. The summed E-state index contributed by atoms with van der Waals surface area (Å²) in [6.45, 7) is 4.25. The van der Waals surface area contributed by atoms with Crippen LogP contribution in [0.5, 0.6) is 0 Å². The molecule has 3 nitrogen and oxygen atoms in total. The molecule has 2 atom stereocenters. The van der Waals surface area contributed by atoms with Gasteiger partial charge in [0.1, 0.15) is 0 Å². The van der Waals surface area contributed by atoms with E-state index in [9.17, 15) is 0 Å². The van der Waals surface area contributed by atoms with E-state index in [4.69, 9.17) is 4.74 Å². The quantitative estimate of drug-likeness (QED) is 0.789. The minimum absolute atomic E-state index is 0.439. The Morgan fingerprint density at radius 1 is 1.38 bits per heavy atom. The van der Waals surface area contributed by atoms with Crippen molar-refractivity contribution in [1.29, 1.82) is 0 Å². The van der Waals surface area contributed by atoms with Crippen molar-refractivity contribution in [2.24, 2.45) is 0 Å². The van der Waals surface area contributed by atoms with Crippen LogP contribution in [0.15, 0.2) is 24.3 Å². The van der Waals surface area contributed by atoms with E-state index < -0.39 is 0 Å². The van der Waals surface area contributed by atoms with Crippen LogP contribution in [0, 0.1) is 0 Å². The van der Waals surface area contributed by atoms with Crippen LogP contribution in [0.1, 0.15) is 50.6 Å². The Kier molecular flexibility index (Phi) is 6.52. The van der Waals surface area contributed by atoms with Crippen molar-refractivity contribution in [3.05, 3.63) is 29.8 Å². The summed E-state index contributed by atoms with van der Waals surface area (Å²) >= 11 is 0. The first-order valence-electron chi connectivity index (χ1n) is 8.33. The average Bonchev–Trinajstić information content (AvgIpc) is 3.01. The van der Waals surface area contributed by atoms with Gasteiger partial charge in [-0.1, -0.05) is 19.1 Å². The maximum atomic E-state index is 5.77. The van der Waals surface area contributed by atoms with E-state index in [0.717, 1.165) is 26.0 Å². The molecular weight excluding hydrogens is 260 g/mol. The first kappa shape index (κ1) is 16.3. The summed E-state index contributed by atoms with van der Waals surface area (Å²) in [6, 6.07) is 9.32. The predicted molar refractivity (Wildman–Crippen MR) is 90.0 cm³/mol. The molecule has 0 aliphatic carbocycles. The molecule has 118 valence electrons. The molecule has 0 saturated carbocycles. The van der Waals surface area contributed by atoms with Gasteiger partial charge in [-0.25, -0.2) is 0 Å². The van der Waals surface area contributed by atoms with Crippen LogP contribution in [0.3, 0.4) is 0 Å². The minimum atomic E-state index is 0.439. The lowest BCUT2D eigenvalue weighted by Gasteiger charge is -2.22. The number of nitrogens with one attached hydrogen (secondary N) is 1. The second kappa shape index (κ2) is 8.40. The van der Waals surface area contributed by atoms with Crippen molar-refractivity contribution >= 4 is 5.69 Å². The third-order valence-corrected chi connectivity index (χ3v) is 4.23. The van der Waals surface area contributed by atoms with Crippen molar-refractivity contribution < 1.29 is 4.74 Å². The van der Waals surface area contributed by atoms with E-state index in [1.165, 1.54) is 30.5 Å². The first-order chi connectivity index (χ1) is 10.2. The zero-order valence-corrected chi connectivity index (χ0v) is 13.8. The molecule has 1 aromatic carbocycles. The molecule has 1 aliphatic heterocycles. The largest absolute Gasteiger partial charge is 0.378 e. The Labute approximate surface area is 129 Å². The number of benzene rings is 1. The SMILES string of the molecule is CCCNC(CCC1CCCO1)c1cccc(N(C)C)c1. The summed E-state index contributed by atoms with van der Waals surface area (Å²) < 4.78 is 5.77. The second-order valence-corrected chi connectivity index (χ2v) is 6.21. The minimum Gasteiger partial charge on any atom is -0.378 e. The predicted octanol–water partition coefficient (Wildman–Crippen LogP) is 3.75. The molecule has 0 aromatic heterocycles. The van der Waals surface area contributed by atoms with E-state index in [1.54, 1.807) is 0 Å². The Hall–Kier alpha value is -1.06. The number of anilines is 1. The summed E-state index contributed by atoms with van der Waals surface area (Å²) in [7, 11) is 4.19. The van der Waals surface area contributed by atoms with Crippen LogP contribution in [0.2, 0.25) is 0 Å². The topological polar surface area (TPSA) is 24.5 Å². The van der Waals surface area contributed by atoms with E-state index in [1.807, 2.05) is 0 Å². The van der Waals surface area contributed by atoms with Crippen molar-refractivity contribution in [2.45, 2.75) is 51.2 Å². The van der Waals surface area contributed by atoms with Crippen molar-refractivity contribution in [1.82, 2.24) is 5.32 Å². The fourth-order valence-corrected chi connectivity index (χ4v) is 2.95. The molecule has 1 aliphatic rings. The third kappa shape index (κ3) is 5.01. The van der Waals surface area contributed by atoms with Gasteiger partial charge >= 0.3 is 0 Å². The van der Waals surface area contributed by atoms with Crippen molar-refractivity contribution in [3.8, 4) is 0 Å².